The molecule has 1 aromatic rings. The molecule has 0 spiro atoms. The van der Waals surface area contributed by atoms with E-state index in [1.165, 1.54) is 7.11 Å². The highest BCUT2D eigenvalue weighted by molar-refractivity contribution is 9.10. The number of methoxy groups -OCH3 is 1. The van der Waals surface area contributed by atoms with Crippen molar-refractivity contribution in [1.29, 1.82) is 0 Å². The Morgan fingerprint density at radius 1 is 1.33 bits per heavy atom. The van der Waals surface area contributed by atoms with Gasteiger partial charge in [-0.15, -0.1) is 0 Å². The molecule has 1 aromatic carbocycles. The predicted molar refractivity (Wildman–Crippen MR) is 75.2 cm³/mol. The lowest BCUT2D eigenvalue weighted by Gasteiger charge is -2.26. The fourth-order valence-electron chi connectivity index (χ4n) is 2.18. The highest BCUT2D eigenvalue weighted by Gasteiger charge is 2.23. The second-order valence-electron chi connectivity index (χ2n) is 4.44. The number of carbonyl (C=O) groups is 1. The third-order valence-electron chi connectivity index (χ3n) is 3.16. The van der Waals surface area contributed by atoms with Crippen LogP contribution in [0.2, 0.25) is 0 Å². The molecule has 0 unspecified atom stereocenters. The van der Waals surface area contributed by atoms with E-state index in [2.05, 4.69) is 20.8 Å². The number of halogens is 1. The first-order valence-corrected chi connectivity index (χ1v) is 6.66. The summed E-state index contributed by atoms with van der Waals surface area (Å²) >= 11 is 3.42. The largest absolute Gasteiger partial charge is 0.466 e. The van der Waals surface area contributed by atoms with Crippen LogP contribution >= 0.6 is 15.9 Å². The van der Waals surface area contributed by atoms with Gasteiger partial charge >= 0.3 is 5.97 Å². The van der Waals surface area contributed by atoms with Gasteiger partial charge < -0.3 is 9.64 Å². The first-order valence-electron chi connectivity index (χ1n) is 5.86. The summed E-state index contributed by atoms with van der Waals surface area (Å²) in [5.41, 5.74) is 2.98. The Hall–Kier alpha value is -1.13. The maximum atomic E-state index is 11.8. The predicted octanol–water partition coefficient (Wildman–Crippen LogP) is 2.71. The third-order valence-corrected chi connectivity index (χ3v) is 3.69. The highest BCUT2D eigenvalue weighted by Crippen LogP contribution is 2.28. The van der Waals surface area contributed by atoms with Gasteiger partial charge in [-0.05, 0) is 36.7 Å². The number of rotatable bonds is 2. The van der Waals surface area contributed by atoms with Crippen LogP contribution in [-0.4, -0.2) is 38.1 Å². The molecule has 0 saturated heterocycles. The van der Waals surface area contributed by atoms with Gasteiger partial charge in [-0.25, -0.2) is 4.79 Å². The van der Waals surface area contributed by atoms with Gasteiger partial charge in [-0.3, -0.25) is 0 Å². The van der Waals surface area contributed by atoms with Gasteiger partial charge in [0, 0.05) is 17.6 Å². The average Bonchev–Trinajstić information content (AvgIpc) is 2.39. The minimum absolute atomic E-state index is 0.223. The number of hydrogen-bond acceptors (Lipinski definition) is 3. The molecule has 1 aliphatic heterocycles. The molecule has 0 atom stereocenters. The zero-order valence-electron chi connectivity index (χ0n) is 10.6. The van der Waals surface area contributed by atoms with E-state index in [-0.39, 0.29) is 5.97 Å². The molecular formula is C14H16BrNO2. The van der Waals surface area contributed by atoms with Crippen molar-refractivity contribution in [2.45, 2.75) is 6.42 Å². The van der Waals surface area contributed by atoms with E-state index in [1.807, 2.05) is 31.3 Å². The number of benzene rings is 1. The molecule has 3 nitrogen and oxygen atoms in total. The van der Waals surface area contributed by atoms with E-state index >= 15 is 0 Å². The summed E-state index contributed by atoms with van der Waals surface area (Å²) in [6.45, 7) is 1.62. The number of likely N-dealkylation sites (N-methyl/N-ethyl adjacent to an activating group) is 1. The van der Waals surface area contributed by atoms with Crippen LogP contribution in [-0.2, 0) is 9.53 Å². The molecule has 4 heteroatoms. The Bertz CT molecular complexity index is 479. The summed E-state index contributed by atoms with van der Waals surface area (Å²) in [4.78, 5) is 14.0. The molecule has 1 heterocycles. The van der Waals surface area contributed by atoms with Crippen molar-refractivity contribution in [3.05, 3.63) is 39.9 Å². The fraction of sp³-hybridized carbons (Fsp3) is 0.357. The van der Waals surface area contributed by atoms with Gasteiger partial charge in [-0.1, -0.05) is 28.1 Å². The standard InChI is InChI=1S/C14H16BrNO2/c1-16-8-7-12(13(9-16)14(17)18-2)10-3-5-11(15)6-4-10/h3-6H,7-9H2,1-2H3. The SMILES string of the molecule is COC(=O)C1=C(c2ccc(Br)cc2)CCN(C)C1. The van der Waals surface area contributed by atoms with Crippen molar-refractivity contribution < 1.29 is 9.53 Å². The van der Waals surface area contributed by atoms with Crippen LogP contribution in [0.3, 0.4) is 0 Å². The van der Waals surface area contributed by atoms with Crippen LogP contribution in [0.15, 0.2) is 34.3 Å². The van der Waals surface area contributed by atoms with Gasteiger partial charge in [0.05, 0.1) is 12.7 Å². The molecule has 0 N–H and O–H groups in total. The monoisotopic (exact) mass is 309 g/mol. The van der Waals surface area contributed by atoms with E-state index in [4.69, 9.17) is 4.74 Å². The Balaban J connectivity index is 2.42. The molecular weight excluding hydrogens is 294 g/mol. The Kier molecular flexibility index (Phi) is 4.19. The van der Waals surface area contributed by atoms with Crippen LogP contribution in [0.25, 0.3) is 5.57 Å². The Morgan fingerprint density at radius 3 is 2.61 bits per heavy atom. The number of hydrogen-bond donors (Lipinski definition) is 0. The Labute approximate surface area is 116 Å². The van der Waals surface area contributed by atoms with E-state index in [0.29, 0.717) is 6.54 Å². The van der Waals surface area contributed by atoms with Crippen LogP contribution < -0.4 is 0 Å². The molecule has 0 amide bonds. The lowest BCUT2D eigenvalue weighted by molar-refractivity contribution is -0.136. The number of carbonyl (C=O) groups excluding carboxylic acids is 1. The third kappa shape index (κ3) is 2.82. The van der Waals surface area contributed by atoms with Gasteiger partial charge in [-0.2, -0.15) is 0 Å². The maximum Gasteiger partial charge on any atom is 0.335 e. The van der Waals surface area contributed by atoms with Gasteiger partial charge in [0.15, 0.2) is 0 Å². The van der Waals surface area contributed by atoms with Crippen molar-refractivity contribution in [1.82, 2.24) is 4.90 Å². The lowest BCUT2D eigenvalue weighted by Crippen LogP contribution is -2.31. The highest BCUT2D eigenvalue weighted by atomic mass is 79.9. The first kappa shape index (κ1) is 13.3. The minimum Gasteiger partial charge on any atom is -0.466 e. The number of nitrogens with zero attached hydrogens (tertiary/aromatic N) is 1. The molecule has 1 aliphatic rings. The molecule has 18 heavy (non-hydrogen) atoms. The summed E-state index contributed by atoms with van der Waals surface area (Å²) < 4.78 is 5.92. The maximum absolute atomic E-state index is 11.8. The summed E-state index contributed by atoms with van der Waals surface area (Å²) in [5, 5.41) is 0. The Morgan fingerprint density at radius 2 is 2.00 bits per heavy atom. The summed E-state index contributed by atoms with van der Waals surface area (Å²) in [5.74, 6) is -0.223. The topological polar surface area (TPSA) is 29.5 Å². The molecule has 0 aromatic heterocycles. The van der Waals surface area contributed by atoms with E-state index in [1.54, 1.807) is 0 Å². The molecule has 96 valence electrons. The van der Waals surface area contributed by atoms with Gasteiger partial charge in [0.25, 0.3) is 0 Å². The number of ether oxygens (including phenoxy) is 1. The van der Waals surface area contributed by atoms with Crippen molar-refractivity contribution in [3.8, 4) is 0 Å². The van der Waals surface area contributed by atoms with Crippen molar-refractivity contribution in [3.63, 3.8) is 0 Å². The summed E-state index contributed by atoms with van der Waals surface area (Å²) in [7, 11) is 3.45. The molecule has 0 aliphatic carbocycles. The van der Waals surface area contributed by atoms with Crippen LogP contribution in [0, 0.1) is 0 Å². The van der Waals surface area contributed by atoms with Gasteiger partial charge in [0.1, 0.15) is 0 Å². The second-order valence-corrected chi connectivity index (χ2v) is 5.36. The van der Waals surface area contributed by atoms with Gasteiger partial charge in [0.2, 0.25) is 0 Å². The second kappa shape index (κ2) is 5.67. The van der Waals surface area contributed by atoms with Crippen molar-refractivity contribution >= 4 is 27.5 Å². The first-order chi connectivity index (χ1) is 8.61. The fourth-order valence-corrected chi connectivity index (χ4v) is 2.44. The average molecular weight is 310 g/mol. The van der Waals surface area contributed by atoms with E-state index in [0.717, 1.165) is 34.1 Å². The summed E-state index contributed by atoms with van der Waals surface area (Å²) in [6, 6.07) is 8.06. The molecule has 0 fully saturated rings. The molecule has 2 rings (SSSR count). The van der Waals surface area contributed by atoms with Crippen LogP contribution in [0.1, 0.15) is 12.0 Å². The number of esters is 1. The normalized spacial score (nSPS) is 16.8. The summed E-state index contributed by atoms with van der Waals surface area (Å²) in [6.07, 6.45) is 0.878. The van der Waals surface area contributed by atoms with E-state index in [9.17, 15) is 4.79 Å². The smallest absolute Gasteiger partial charge is 0.335 e. The molecule has 0 bridgehead atoms. The van der Waals surface area contributed by atoms with Crippen molar-refractivity contribution in [2.75, 3.05) is 27.2 Å². The zero-order chi connectivity index (χ0) is 13.1. The van der Waals surface area contributed by atoms with Crippen molar-refractivity contribution in [2.24, 2.45) is 0 Å². The van der Waals surface area contributed by atoms with E-state index < -0.39 is 0 Å². The molecule has 0 radical (unpaired) electrons. The van der Waals surface area contributed by atoms with Crippen LogP contribution in [0.5, 0.6) is 0 Å². The van der Waals surface area contributed by atoms with Crippen LogP contribution in [0.4, 0.5) is 0 Å². The quantitative estimate of drug-likeness (QED) is 0.787. The zero-order valence-corrected chi connectivity index (χ0v) is 12.2. The lowest BCUT2D eigenvalue weighted by atomic mass is 9.93. The molecule has 0 saturated carbocycles. The minimum atomic E-state index is -0.223.